The van der Waals surface area contributed by atoms with Crippen molar-refractivity contribution < 1.29 is 4.74 Å². The van der Waals surface area contributed by atoms with Crippen molar-refractivity contribution in [3.05, 3.63) is 24.5 Å². The molecule has 1 aromatic heterocycles. The van der Waals surface area contributed by atoms with Gasteiger partial charge in [-0.3, -0.25) is 9.97 Å². The number of nitrogens with one attached hydrogen (secondary N) is 1. The Labute approximate surface area is 126 Å². The molecule has 2 rings (SSSR count). The van der Waals surface area contributed by atoms with Crippen LogP contribution in [0.4, 0.5) is 5.69 Å². The van der Waals surface area contributed by atoms with Crippen LogP contribution in [0.2, 0.25) is 0 Å². The fraction of sp³-hybridized carbons (Fsp3) is 0.500. The van der Waals surface area contributed by atoms with E-state index in [1.807, 2.05) is 12.1 Å². The Balaban J connectivity index is 2.04. The van der Waals surface area contributed by atoms with E-state index in [4.69, 9.17) is 4.74 Å². The van der Waals surface area contributed by atoms with Gasteiger partial charge in [0.1, 0.15) is 11.3 Å². The van der Waals surface area contributed by atoms with Crippen molar-refractivity contribution in [2.24, 2.45) is 0 Å². The smallest absolute Gasteiger partial charge is 0.123 e. The number of aromatic nitrogens is 2. The molecule has 114 valence electrons. The van der Waals surface area contributed by atoms with Crippen LogP contribution in [0.3, 0.4) is 0 Å². The molecular weight excluding hydrogens is 264 g/mol. The van der Waals surface area contributed by atoms with Gasteiger partial charge in [-0.1, -0.05) is 13.8 Å². The van der Waals surface area contributed by atoms with Crippen molar-refractivity contribution >= 4 is 16.7 Å². The van der Waals surface area contributed by atoms with Crippen LogP contribution >= 0.6 is 0 Å². The standard InChI is InChI=1S/C16H24N4O/c1-4-20(5-2)10-6-7-17-14-11-13(21-3)12-15-16(14)19-9-8-18-15/h8-9,11-12,17H,4-7,10H2,1-3H3. The molecule has 0 saturated carbocycles. The summed E-state index contributed by atoms with van der Waals surface area (Å²) in [7, 11) is 1.67. The second-order valence-electron chi connectivity index (χ2n) is 4.91. The topological polar surface area (TPSA) is 50.3 Å². The molecule has 5 nitrogen and oxygen atoms in total. The molecule has 0 fully saturated rings. The summed E-state index contributed by atoms with van der Waals surface area (Å²) in [4.78, 5) is 11.2. The maximum atomic E-state index is 5.33. The first-order chi connectivity index (χ1) is 10.3. The molecule has 1 N–H and O–H groups in total. The van der Waals surface area contributed by atoms with Gasteiger partial charge in [0, 0.05) is 31.1 Å². The number of anilines is 1. The number of nitrogens with zero attached hydrogens (tertiary/aromatic N) is 3. The van der Waals surface area contributed by atoms with Crippen molar-refractivity contribution in [1.29, 1.82) is 0 Å². The predicted octanol–water partition coefficient (Wildman–Crippen LogP) is 2.78. The van der Waals surface area contributed by atoms with Crippen molar-refractivity contribution in [1.82, 2.24) is 14.9 Å². The second-order valence-corrected chi connectivity index (χ2v) is 4.91. The van der Waals surface area contributed by atoms with Gasteiger partial charge in [0.25, 0.3) is 0 Å². The zero-order valence-electron chi connectivity index (χ0n) is 13.1. The highest BCUT2D eigenvalue weighted by atomic mass is 16.5. The number of ether oxygens (including phenoxy) is 1. The first-order valence-corrected chi connectivity index (χ1v) is 7.53. The van der Waals surface area contributed by atoms with E-state index in [9.17, 15) is 0 Å². The third kappa shape index (κ3) is 4.04. The number of methoxy groups -OCH3 is 1. The van der Waals surface area contributed by atoms with Crippen molar-refractivity contribution in [2.75, 3.05) is 38.6 Å². The number of hydrogen-bond donors (Lipinski definition) is 1. The maximum Gasteiger partial charge on any atom is 0.123 e. The van der Waals surface area contributed by atoms with Gasteiger partial charge >= 0.3 is 0 Å². The van der Waals surface area contributed by atoms with Crippen LogP contribution < -0.4 is 10.1 Å². The van der Waals surface area contributed by atoms with Crippen LogP contribution in [0.25, 0.3) is 11.0 Å². The second kappa shape index (κ2) is 7.78. The highest BCUT2D eigenvalue weighted by Crippen LogP contribution is 2.26. The minimum absolute atomic E-state index is 0.800. The first-order valence-electron chi connectivity index (χ1n) is 7.53. The van der Waals surface area contributed by atoms with Gasteiger partial charge in [-0.2, -0.15) is 0 Å². The molecule has 0 spiro atoms. The summed E-state index contributed by atoms with van der Waals surface area (Å²) < 4.78 is 5.33. The third-order valence-corrected chi connectivity index (χ3v) is 3.64. The number of fused-ring (bicyclic) bond motifs is 1. The molecule has 0 bridgehead atoms. The third-order valence-electron chi connectivity index (χ3n) is 3.64. The molecule has 21 heavy (non-hydrogen) atoms. The quantitative estimate of drug-likeness (QED) is 0.757. The minimum Gasteiger partial charge on any atom is -0.497 e. The monoisotopic (exact) mass is 288 g/mol. The summed E-state index contributed by atoms with van der Waals surface area (Å²) >= 11 is 0. The fourth-order valence-corrected chi connectivity index (χ4v) is 2.37. The Kier molecular flexibility index (Phi) is 5.75. The molecule has 1 aromatic carbocycles. The zero-order valence-corrected chi connectivity index (χ0v) is 13.1. The highest BCUT2D eigenvalue weighted by Gasteiger charge is 2.06. The van der Waals surface area contributed by atoms with Gasteiger partial charge in [-0.15, -0.1) is 0 Å². The Hall–Kier alpha value is -1.88. The summed E-state index contributed by atoms with van der Waals surface area (Å²) in [5.41, 5.74) is 2.72. The van der Waals surface area contributed by atoms with Gasteiger partial charge in [0.15, 0.2) is 0 Å². The van der Waals surface area contributed by atoms with Crippen LogP contribution in [0.1, 0.15) is 20.3 Å². The van der Waals surface area contributed by atoms with E-state index in [0.29, 0.717) is 0 Å². The molecule has 1 heterocycles. The van der Waals surface area contributed by atoms with Crippen LogP contribution in [0.5, 0.6) is 5.75 Å². The van der Waals surface area contributed by atoms with Gasteiger partial charge in [0.05, 0.1) is 18.3 Å². The summed E-state index contributed by atoms with van der Waals surface area (Å²) in [6.45, 7) is 8.61. The summed E-state index contributed by atoms with van der Waals surface area (Å²) in [6.07, 6.45) is 4.52. The molecule has 0 amide bonds. The van der Waals surface area contributed by atoms with Gasteiger partial charge < -0.3 is 15.0 Å². The summed E-state index contributed by atoms with van der Waals surface area (Å²) in [5, 5.41) is 3.46. The van der Waals surface area contributed by atoms with Gasteiger partial charge in [-0.05, 0) is 26.1 Å². The van der Waals surface area contributed by atoms with E-state index in [0.717, 1.165) is 55.1 Å². The van der Waals surface area contributed by atoms with E-state index < -0.39 is 0 Å². The Morgan fingerprint density at radius 2 is 1.90 bits per heavy atom. The normalized spacial score (nSPS) is 11.0. The molecule has 0 radical (unpaired) electrons. The average molecular weight is 288 g/mol. The lowest BCUT2D eigenvalue weighted by molar-refractivity contribution is 0.303. The summed E-state index contributed by atoms with van der Waals surface area (Å²) in [6, 6.07) is 3.89. The van der Waals surface area contributed by atoms with Crippen LogP contribution in [0, 0.1) is 0 Å². The van der Waals surface area contributed by atoms with E-state index in [1.54, 1.807) is 19.5 Å². The predicted molar refractivity (Wildman–Crippen MR) is 87.0 cm³/mol. The van der Waals surface area contributed by atoms with Crippen molar-refractivity contribution in [3.8, 4) is 5.75 Å². The van der Waals surface area contributed by atoms with Crippen LogP contribution in [-0.4, -0.2) is 48.2 Å². The molecule has 0 aliphatic heterocycles. The molecule has 0 atom stereocenters. The van der Waals surface area contributed by atoms with Gasteiger partial charge in [0.2, 0.25) is 0 Å². The highest BCUT2D eigenvalue weighted by molar-refractivity contribution is 5.89. The Morgan fingerprint density at radius 3 is 2.62 bits per heavy atom. The molecule has 0 unspecified atom stereocenters. The van der Waals surface area contributed by atoms with Crippen LogP contribution in [-0.2, 0) is 0 Å². The van der Waals surface area contributed by atoms with E-state index in [2.05, 4.69) is 34.0 Å². The Morgan fingerprint density at radius 1 is 1.14 bits per heavy atom. The van der Waals surface area contributed by atoms with E-state index in [-0.39, 0.29) is 0 Å². The molecular formula is C16H24N4O. The fourth-order valence-electron chi connectivity index (χ4n) is 2.37. The van der Waals surface area contributed by atoms with E-state index >= 15 is 0 Å². The SMILES string of the molecule is CCN(CC)CCCNc1cc(OC)cc2nccnc12. The van der Waals surface area contributed by atoms with Gasteiger partial charge in [-0.25, -0.2) is 0 Å². The minimum atomic E-state index is 0.800. The largest absolute Gasteiger partial charge is 0.497 e. The van der Waals surface area contributed by atoms with E-state index in [1.165, 1.54) is 0 Å². The van der Waals surface area contributed by atoms with Crippen LogP contribution in [0.15, 0.2) is 24.5 Å². The first kappa shape index (κ1) is 15.5. The number of rotatable bonds is 8. The molecule has 0 aliphatic carbocycles. The molecule has 0 saturated heterocycles. The molecule has 0 aliphatic rings. The lowest BCUT2D eigenvalue weighted by Gasteiger charge is -2.18. The Bertz CT molecular complexity index is 569. The van der Waals surface area contributed by atoms with Crippen molar-refractivity contribution in [2.45, 2.75) is 20.3 Å². The molecule has 2 aromatic rings. The van der Waals surface area contributed by atoms with Crippen molar-refractivity contribution in [3.63, 3.8) is 0 Å². The number of benzene rings is 1. The maximum absolute atomic E-state index is 5.33. The summed E-state index contributed by atoms with van der Waals surface area (Å²) in [5.74, 6) is 0.800. The number of hydrogen-bond acceptors (Lipinski definition) is 5. The molecule has 5 heteroatoms. The average Bonchev–Trinajstić information content (AvgIpc) is 2.54. The zero-order chi connectivity index (χ0) is 15.1. The lowest BCUT2D eigenvalue weighted by atomic mass is 10.2. The lowest BCUT2D eigenvalue weighted by Crippen LogP contribution is -2.25.